The predicted octanol–water partition coefficient (Wildman–Crippen LogP) is 2.97. The summed E-state index contributed by atoms with van der Waals surface area (Å²) >= 11 is 7.23. The number of carbonyl (C=O) groups is 1. The van der Waals surface area contributed by atoms with Gasteiger partial charge in [-0.25, -0.2) is 4.98 Å². The lowest BCUT2D eigenvalue weighted by atomic mass is 10.0. The van der Waals surface area contributed by atoms with Crippen LogP contribution in [-0.4, -0.2) is 32.8 Å². The maximum atomic E-state index is 13.0. The van der Waals surface area contributed by atoms with Gasteiger partial charge in [-0.2, -0.15) is 0 Å². The lowest BCUT2D eigenvalue weighted by Crippen LogP contribution is -2.21. The molecule has 1 aliphatic carbocycles. The Kier molecular flexibility index (Phi) is 5.53. The predicted molar refractivity (Wildman–Crippen MR) is 114 cm³/mol. The molecule has 10 heteroatoms. The third-order valence-electron chi connectivity index (χ3n) is 4.42. The minimum Gasteiger partial charge on any atom is -0.494 e. The number of rotatable bonds is 4. The zero-order valence-corrected chi connectivity index (χ0v) is 17.7. The molecule has 1 N–H and O–H groups in total. The highest BCUT2D eigenvalue weighted by Gasteiger charge is 2.20. The van der Waals surface area contributed by atoms with Crippen LogP contribution in [0.25, 0.3) is 11.1 Å². The van der Waals surface area contributed by atoms with Gasteiger partial charge in [-0.15, -0.1) is 10.2 Å². The Bertz CT molecular complexity index is 1250. The molecule has 1 saturated carbocycles. The van der Waals surface area contributed by atoms with Crippen molar-refractivity contribution in [2.24, 2.45) is 13.0 Å². The third-order valence-corrected chi connectivity index (χ3v) is 5.38. The van der Waals surface area contributed by atoms with Crippen LogP contribution in [0.15, 0.2) is 29.3 Å². The number of hydrogen-bond donors (Lipinski definition) is 1. The van der Waals surface area contributed by atoms with Crippen molar-refractivity contribution in [2.75, 3.05) is 12.4 Å². The van der Waals surface area contributed by atoms with Crippen molar-refractivity contribution in [3.8, 4) is 28.7 Å². The van der Waals surface area contributed by atoms with Crippen LogP contribution in [0.3, 0.4) is 0 Å². The maximum Gasteiger partial charge on any atom is 0.258 e. The SMILES string of the molecule is COc1cnc(Cl)cc1-c1cn(C)c(=O)cc1C(=O)Nc1nnc(C#CC2CC2)s1. The first-order valence-electron chi connectivity index (χ1n) is 9.01. The van der Waals surface area contributed by atoms with E-state index < -0.39 is 5.91 Å². The summed E-state index contributed by atoms with van der Waals surface area (Å²) in [7, 11) is 3.08. The number of anilines is 1. The molecule has 1 amide bonds. The van der Waals surface area contributed by atoms with E-state index in [2.05, 4.69) is 32.3 Å². The first-order valence-corrected chi connectivity index (χ1v) is 10.2. The van der Waals surface area contributed by atoms with Crippen molar-refractivity contribution in [3.63, 3.8) is 0 Å². The summed E-state index contributed by atoms with van der Waals surface area (Å²) in [4.78, 5) is 29.2. The first-order chi connectivity index (χ1) is 14.4. The molecule has 0 saturated heterocycles. The Morgan fingerprint density at radius 2 is 2.13 bits per heavy atom. The van der Waals surface area contributed by atoms with Crippen LogP contribution in [0.1, 0.15) is 28.2 Å². The molecule has 0 radical (unpaired) electrons. The van der Waals surface area contributed by atoms with Gasteiger partial charge in [0.25, 0.3) is 11.5 Å². The highest BCUT2D eigenvalue weighted by molar-refractivity contribution is 7.15. The standard InChI is InChI=1S/C20H16ClN5O3S/c1-26-10-14(12-7-16(21)22-9-15(12)29-2)13(8-18(26)27)19(28)23-20-25-24-17(30-20)6-5-11-3-4-11/h7-11H,3-4H2,1-2H3,(H,23,25,28). The number of nitrogens with zero attached hydrogens (tertiary/aromatic N) is 4. The molecule has 3 aromatic rings. The van der Waals surface area contributed by atoms with Gasteiger partial charge in [-0.05, 0) is 24.8 Å². The van der Waals surface area contributed by atoms with E-state index in [1.54, 1.807) is 19.3 Å². The van der Waals surface area contributed by atoms with Crippen LogP contribution in [0, 0.1) is 17.8 Å². The lowest BCUT2D eigenvalue weighted by Gasteiger charge is -2.13. The van der Waals surface area contributed by atoms with E-state index in [0.29, 0.717) is 32.9 Å². The van der Waals surface area contributed by atoms with Crippen LogP contribution in [0.5, 0.6) is 5.75 Å². The average Bonchev–Trinajstić information content (AvgIpc) is 3.46. The maximum absolute atomic E-state index is 13.0. The van der Waals surface area contributed by atoms with E-state index in [-0.39, 0.29) is 16.3 Å². The van der Waals surface area contributed by atoms with E-state index in [4.69, 9.17) is 16.3 Å². The van der Waals surface area contributed by atoms with Crippen molar-refractivity contribution in [3.05, 3.63) is 50.6 Å². The Hall–Kier alpha value is -3.22. The van der Waals surface area contributed by atoms with Gasteiger partial charge >= 0.3 is 0 Å². The molecule has 0 bridgehead atoms. The van der Waals surface area contributed by atoms with Crippen LogP contribution < -0.4 is 15.6 Å². The van der Waals surface area contributed by atoms with E-state index in [9.17, 15) is 9.59 Å². The minimum absolute atomic E-state index is 0.152. The zero-order valence-electron chi connectivity index (χ0n) is 16.1. The van der Waals surface area contributed by atoms with Gasteiger partial charge in [-0.1, -0.05) is 28.9 Å². The molecule has 0 aromatic carbocycles. The van der Waals surface area contributed by atoms with E-state index >= 15 is 0 Å². The second-order valence-corrected chi connectivity index (χ2v) is 8.03. The number of halogens is 1. The fraction of sp³-hybridized carbons (Fsp3) is 0.250. The quantitative estimate of drug-likeness (QED) is 0.493. The summed E-state index contributed by atoms with van der Waals surface area (Å²) < 4.78 is 6.73. The van der Waals surface area contributed by atoms with Crippen LogP contribution >= 0.6 is 22.9 Å². The largest absolute Gasteiger partial charge is 0.494 e. The normalized spacial score (nSPS) is 12.8. The molecule has 1 fully saturated rings. The fourth-order valence-electron chi connectivity index (χ4n) is 2.70. The lowest BCUT2D eigenvalue weighted by molar-refractivity contribution is 0.102. The molecule has 4 rings (SSSR count). The number of hydrogen-bond acceptors (Lipinski definition) is 7. The number of amides is 1. The number of ether oxygens (including phenoxy) is 1. The van der Waals surface area contributed by atoms with Crippen molar-refractivity contribution < 1.29 is 9.53 Å². The van der Waals surface area contributed by atoms with Crippen LogP contribution in [-0.2, 0) is 7.05 Å². The summed E-state index contributed by atoms with van der Waals surface area (Å²) in [5.74, 6) is 6.42. The molecule has 0 unspecified atom stereocenters. The van der Waals surface area contributed by atoms with Gasteiger partial charge in [0.15, 0.2) is 5.01 Å². The summed E-state index contributed by atoms with van der Waals surface area (Å²) in [6, 6.07) is 2.83. The molecule has 3 aromatic heterocycles. The topological polar surface area (TPSA) is 99.0 Å². The second-order valence-electron chi connectivity index (χ2n) is 6.67. The number of carbonyl (C=O) groups excluding carboxylic acids is 1. The number of aromatic nitrogens is 4. The Morgan fingerprint density at radius 3 is 2.87 bits per heavy atom. The zero-order chi connectivity index (χ0) is 21.3. The Balaban J connectivity index is 1.69. The molecule has 0 atom stereocenters. The first kappa shape index (κ1) is 20.1. The monoisotopic (exact) mass is 441 g/mol. The fourth-order valence-corrected chi connectivity index (χ4v) is 3.46. The third kappa shape index (κ3) is 4.35. The van der Waals surface area contributed by atoms with Crippen molar-refractivity contribution in [1.82, 2.24) is 19.7 Å². The molecular weight excluding hydrogens is 426 g/mol. The van der Waals surface area contributed by atoms with Gasteiger partial charge in [0.05, 0.1) is 18.9 Å². The van der Waals surface area contributed by atoms with Gasteiger partial charge in [0, 0.05) is 36.4 Å². The Morgan fingerprint density at radius 1 is 1.33 bits per heavy atom. The van der Waals surface area contributed by atoms with Gasteiger partial charge in [0.2, 0.25) is 5.13 Å². The summed E-state index contributed by atoms with van der Waals surface area (Å²) in [6.07, 6.45) is 5.24. The smallest absolute Gasteiger partial charge is 0.258 e. The van der Waals surface area contributed by atoms with Gasteiger partial charge in [0.1, 0.15) is 10.9 Å². The Labute approximate surface area is 180 Å². The molecule has 0 spiro atoms. The van der Waals surface area contributed by atoms with Crippen molar-refractivity contribution in [1.29, 1.82) is 0 Å². The minimum atomic E-state index is -0.504. The molecule has 8 nitrogen and oxygen atoms in total. The van der Waals surface area contributed by atoms with E-state index in [1.165, 1.54) is 35.3 Å². The number of nitrogens with one attached hydrogen (secondary N) is 1. The van der Waals surface area contributed by atoms with Gasteiger partial charge in [-0.3, -0.25) is 14.9 Å². The molecule has 3 heterocycles. The van der Waals surface area contributed by atoms with E-state index in [0.717, 1.165) is 12.8 Å². The van der Waals surface area contributed by atoms with Crippen LogP contribution in [0.4, 0.5) is 5.13 Å². The molecule has 1 aliphatic rings. The molecule has 0 aliphatic heterocycles. The number of aryl methyl sites for hydroxylation is 1. The summed E-state index contributed by atoms with van der Waals surface area (Å²) in [6.45, 7) is 0. The van der Waals surface area contributed by atoms with Crippen molar-refractivity contribution >= 4 is 34.0 Å². The van der Waals surface area contributed by atoms with Crippen LogP contribution in [0.2, 0.25) is 5.15 Å². The van der Waals surface area contributed by atoms with Gasteiger partial charge < -0.3 is 9.30 Å². The molecule has 152 valence electrons. The summed E-state index contributed by atoms with van der Waals surface area (Å²) in [5.41, 5.74) is 0.816. The molecular formula is C20H16ClN5O3S. The van der Waals surface area contributed by atoms with E-state index in [1.807, 2.05) is 0 Å². The second kappa shape index (κ2) is 8.26. The average molecular weight is 442 g/mol. The van der Waals surface area contributed by atoms with Crippen molar-refractivity contribution in [2.45, 2.75) is 12.8 Å². The highest BCUT2D eigenvalue weighted by atomic mass is 35.5. The molecule has 30 heavy (non-hydrogen) atoms. The summed E-state index contributed by atoms with van der Waals surface area (Å²) in [5, 5.41) is 11.7. The number of methoxy groups -OCH3 is 1. The number of pyridine rings is 2. The highest BCUT2D eigenvalue weighted by Crippen LogP contribution is 2.33.